The van der Waals surface area contributed by atoms with Gasteiger partial charge in [-0.15, -0.1) is 11.3 Å². The van der Waals surface area contributed by atoms with Crippen LogP contribution in [0.15, 0.2) is 30.6 Å². The second-order valence-corrected chi connectivity index (χ2v) is 5.05. The van der Waals surface area contributed by atoms with Gasteiger partial charge in [0.25, 0.3) is 0 Å². The van der Waals surface area contributed by atoms with Gasteiger partial charge in [0, 0.05) is 23.8 Å². The summed E-state index contributed by atoms with van der Waals surface area (Å²) in [6, 6.07) is 5.80. The predicted molar refractivity (Wildman–Crippen MR) is 76.3 cm³/mol. The minimum atomic E-state index is 0.834. The van der Waals surface area contributed by atoms with E-state index in [2.05, 4.69) is 34.0 Å². The topological polar surface area (TPSA) is 41.1 Å². The molecule has 5 heteroatoms. The Balaban J connectivity index is 1.98. The number of nitrogens with one attached hydrogen (secondary N) is 1. The molecule has 0 bridgehead atoms. The first-order valence-electron chi connectivity index (χ1n) is 6.17. The van der Waals surface area contributed by atoms with Crippen LogP contribution in [0.1, 0.15) is 18.7 Å². The third-order valence-electron chi connectivity index (χ3n) is 2.73. The molecule has 0 saturated carbocycles. The first-order valence-corrected chi connectivity index (χ1v) is 6.98. The monoisotopic (exact) mass is 262 g/mol. The summed E-state index contributed by atoms with van der Waals surface area (Å²) in [5, 5.41) is 4.11. The van der Waals surface area contributed by atoms with Gasteiger partial charge in [0.05, 0.1) is 0 Å². The first kappa shape index (κ1) is 13.0. The van der Waals surface area contributed by atoms with Crippen molar-refractivity contribution in [2.45, 2.75) is 20.4 Å². The van der Waals surface area contributed by atoms with Crippen molar-refractivity contribution in [2.75, 3.05) is 18.4 Å². The Morgan fingerprint density at radius 3 is 2.72 bits per heavy atom. The van der Waals surface area contributed by atoms with Crippen LogP contribution in [0, 0.1) is 0 Å². The lowest BCUT2D eigenvalue weighted by atomic mass is 10.4. The summed E-state index contributed by atoms with van der Waals surface area (Å²) in [6.45, 7) is 7.46. The Labute approximate surface area is 112 Å². The summed E-state index contributed by atoms with van der Waals surface area (Å²) in [7, 11) is 0. The highest BCUT2D eigenvalue weighted by atomic mass is 32.1. The van der Waals surface area contributed by atoms with Gasteiger partial charge in [0.1, 0.15) is 5.82 Å². The van der Waals surface area contributed by atoms with Crippen LogP contribution < -0.4 is 5.32 Å². The van der Waals surface area contributed by atoms with Gasteiger partial charge in [-0.3, -0.25) is 4.90 Å². The Morgan fingerprint density at radius 1 is 1.22 bits per heavy atom. The Kier molecular flexibility index (Phi) is 4.66. The summed E-state index contributed by atoms with van der Waals surface area (Å²) < 4.78 is 0. The summed E-state index contributed by atoms with van der Waals surface area (Å²) in [4.78, 5) is 12.2. The molecule has 4 nitrogen and oxygen atoms in total. The first-order chi connectivity index (χ1) is 8.81. The molecule has 0 fully saturated rings. The Bertz CT molecular complexity index is 465. The molecule has 0 aliphatic rings. The lowest BCUT2D eigenvalue weighted by Crippen LogP contribution is -2.21. The van der Waals surface area contributed by atoms with Crippen LogP contribution >= 0.6 is 11.3 Å². The van der Waals surface area contributed by atoms with E-state index >= 15 is 0 Å². The Morgan fingerprint density at radius 2 is 2.06 bits per heavy atom. The van der Waals surface area contributed by atoms with Crippen LogP contribution in [-0.2, 0) is 6.54 Å². The average molecular weight is 262 g/mol. The van der Waals surface area contributed by atoms with Crippen molar-refractivity contribution in [3.8, 4) is 0 Å². The fourth-order valence-electron chi connectivity index (χ4n) is 1.65. The normalized spacial score (nSPS) is 10.8. The molecule has 1 N–H and O–H groups in total. The van der Waals surface area contributed by atoms with Crippen molar-refractivity contribution in [1.29, 1.82) is 0 Å². The van der Waals surface area contributed by atoms with Gasteiger partial charge >= 0.3 is 0 Å². The number of nitrogens with zero attached hydrogens (tertiary/aromatic N) is 3. The minimum absolute atomic E-state index is 0.834. The van der Waals surface area contributed by atoms with E-state index in [-0.39, 0.29) is 0 Å². The molecular weight excluding hydrogens is 244 g/mol. The van der Waals surface area contributed by atoms with Gasteiger partial charge in [-0.25, -0.2) is 9.97 Å². The largest absolute Gasteiger partial charge is 0.316 e. The zero-order valence-electron chi connectivity index (χ0n) is 10.8. The molecule has 2 aromatic rings. The van der Waals surface area contributed by atoms with E-state index in [9.17, 15) is 0 Å². The molecule has 0 spiro atoms. The summed E-state index contributed by atoms with van der Waals surface area (Å²) >= 11 is 1.68. The minimum Gasteiger partial charge on any atom is -0.316 e. The van der Waals surface area contributed by atoms with E-state index in [1.54, 1.807) is 17.5 Å². The maximum atomic E-state index is 4.37. The molecular formula is C13H18N4S. The molecule has 0 aliphatic carbocycles. The molecule has 0 aromatic carbocycles. The second-order valence-electron chi connectivity index (χ2n) is 3.93. The maximum absolute atomic E-state index is 4.37. The zero-order chi connectivity index (χ0) is 12.8. The molecule has 0 amide bonds. The van der Waals surface area contributed by atoms with Crippen LogP contribution in [0.2, 0.25) is 0 Å². The van der Waals surface area contributed by atoms with Crippen LogP contribution in [0.3, 0.4) is 0 Å². The highest BCUT2D eigenvalue weighted by molar-refractivity contribution is 7.15. The number of anilines is 2. The number of rotatable bonds is 6. The van der Waals surface area contributed by atoms with Crippen LogP contribution in [0.25, 0.3) is 0 Å². The van der Waals surface area contributed by atoms with Gasteiger partial charge in [0.2, 0.25) is 0 Å². The van der Waals surface area contributed by atoms with Crippen molar-refractivity contribution >= 4 is 22.3 Å². The average Bonchev–Trinajstić information content (AvgIpc) is 2.84. The molecule has 2 aromatic heterocycles. The summed E-state index contributed by atoms with van der Waals surface area (Å²) in [5.41, 5.74) is 0. The maximum Gasteiger partial charge on any atom is 0.188 e. The molecule has 2 rings (SSSR count). The molecule has 0 atom stereocenters. The van der Waals surface area contributed by atoms with E-state index in [0.717, 1.165) is 30.6 Å². The standard InChI is InChI=1S/C13H18N4S/c1-3-17(4-2)10-11-9-15-13(18-11)16-12-7-5-6-8-14-12/h5-9H,3-4,10H2,1-2H3,(H,14,15,16). The molecule has 0 radical (unpaired) electrons. The number of pyridine rings is 1. The third-order valence-corrected chi connectivity index (χ3v) is 3.62. The highest BCUT2D eigenvalue weighted by Crippen LogP contribution is 2.22. The van der Waals surface area contributed by atoms with Gasteiger partial charge < -0.3 is 5.32 Å². The molecule has 2 heterocycles. The van der Waals surface area contributed by atoms with Crippen molar-refractivity contribution in [2.24, 2.45) is 0 Å². The number of thiazole rings is 1. The molecule has 18 heavy (non-hydrogen) atoms. The van der Waals surface area contributed by atoms with Crippen LogP contribution in [0.5, 0.6) is 0 Å². The van der Waals surface area contributed by atoms with E-state index < -0.39 is 0 Å². The number of aromatic nitrogens is 2. The fraction of sp³-hybridized carbons (Fsp3) is 0.385. The van der Waals surface area contributed by atoms with Crippen molar-refractivity contribution in [3.05, 3.63) is 35.5 Å². The molecule has 0 unspecified atom stereocenters. The fourth-order valence-corrected chi connectivity index (χ4v) is 2.51. The van der Waals surface area contributed by atoms with Crippen molar-refractivity contribution < 1.29 is 0 Å². The van der Waals surface area contributed by atoms with E-state index in [4.69, 9.17) is 0 Å². The molecule has 0 aliphatic heterocycles. The SMILES string of the molecule is CCN(CC)Cc1cnc(Nc2ccccn2)s1. The van der Waals surface area contributed by atoms with Gasteiger partial charge in [-0.1, -0.05) is 19.9 Å². The quantitative estimate of drug-likeness (QED) is 0.868. The smallest absolute Gasteiger partial charge is 0.188 e. The van der Waals surface area contributed by atoms with Crippen LogP contribution in [-0.4, -0.2) is 28.0 Å². The second kappa shape index (κ2) is 6.47. The van der Waals surface area contributed by atoms with Crippen LogP contribution in [0.4, 0.5) is 10.9 Å². The summed E-state index contributed by atoms with van der Waals surface area (Å²) in [6.07, 6.45) is 3.71. The number of hydrogen-bond donors (Lipinski definition) is 1. The third kappa shape index (κ3) is 3.51. The van der Waals surface area contributed by atoms with Gasteiger partial charge in [-0.2, -0.15) is 0 Å². The van der Waals surface area contributed by atoms with E-state index in [1.807, 2.05) is 24.4 Å². The molecule has 0 saturated heterocycles. The van der Waals surface area contributed by atoms with Gasteiger partial charge in [0.15, 0.2) is 5.13 Å². The van der Waals surface area contributed by atoms with E-state index in [0.29, 0.717) is 0 Å². The van der Waals surface area contributed by atoms with E-state index in [1.165, 1.54) is 4.88 Å². The lowest BCUT2D eigenvalue weighted by molar-refractivity contribution is 0.298. The number of hydrogen-bond acceptors (Lipinski definition) is 5. The highest BCUT2D eigenvalue weighted by Gasteiger charge is 2.06. The predicted octanol–water partition coefficient (Wildman–Crippen LogP) is 3.12. The van der Waals surface area contributed by atoms with Crippen molar-refractivity contribution in [1.82, 2.24) is 14.9 Å². The summed E-state index contributed by atoms with van der Waals surface area (Å²) in [5.74, 6) is 0.834. The Hall–Kier alpha value is -1.46. The zero-order valence-corrected chi connectivity index (χ0v) is 11.6. The molecule has 96 valence electrons. The van der Waals surface area contributed by atoms with Crippen molar-refractivity contribution in [3.63, 3.8) is 0 Å². The lowest BCUT2D eigenvalue weighted by Gasteiger charge is -2.15. The van der Waals surface area contributed by atoms with Gasteiger partial charge in [-0.05, 0) is 25.2 Å².